The molecule has 0 N–H and O–H groups in total. The zero-order valence-electron chi connectivity index (χ0n) is 11.1. The molecule has 0 aliphatic heterocycles. The Kier molecular flexibility index (Phi) is 10.6. The first-order valence-corrected chi connectivity index (χ1v) is 5.32. The van der Waals surface area contributed by atoms with Gasteiger partial charge in [0.2, 0.25) is 0 Å². The predicted molar refractivity (Wildman–Crippen MR) is 62.9 cm³/mol. The maximum atomic E-state index is 4.83. The molecular weight excluding hydrogens is 179 g/mol. The molecule has 1 aromatic rings. The second-order valence-corrected chi connectivity index (χ2v) is 4.21. The second-order valence-electron chi connectivity index (χ2n) is 4.21. The Hall–Kier alpha value is -0.0926. The Bertz CT molecular complexity index is 207. The first-order chi connectivity index (χ1) is 6.52. The standard InChI is InChI=1S/C9H13.C4H10O.Li/c1-9(2,3)8-6-4-5-7-8;1-3-5-4-2;/h4-7H,1-3H3;3-4H2,1-2H3;/q-1;;+1. The third kappa shape index (κ3) is 8.87. The first kappa shape index (κ1) is 17.3. The number of hydrogen-bond donors (Lipinski definition) is 0. The summed E-state index contributed by atoms with van der Waals surface area (Å²) in [5.41, 5.74) is 1.74. The Morgan fingerprint density at radius 2 is 1.40 bits per heavy atom. The topological polar surface area (TPSA) is 9.23 Å². The Labute approximate surface area is 107 Å². The van der Waals surface area contributed by atoms with Gasteiger partial charge in [0.1, 0.15) is 0 Å². The average Bonchev–Trinajstić information content (AvgIpc) is 2.57. The van der Waals surface area contributed by atoms with Crippen molar-refractivity contribution in [3.05, 3.63) is 29.8 Å². The Morgan fingerprint density at radius 3 is 1.53 bits per heavy atom. The van der Waals surface area contributed by atoms with Gasteiger partial charge < -0.3 is 4.74 Å². The van der Waals surface area contributed by atoms with Gasteiger partial charge in [-0.05, 0) is 13.8 Å². The molecule has 0 aliphatic rings. The van der Waals surface area contributed by atoms with E-state index in [1.54, 1.807) is 0 Å². The van der Waals surface area contributed by atoms with E-state index in [0.29, 0.717) is 5.41 Å². The predicted octanol–water partition coefficient (Wildman–Crippen LogP) is 0.750. The van der Waals surface area contributed by atoms with Gasteiger partial charge >= 0.3 is 18.9 Å². The van der Waals surface area contributed by atoms with E-state index in [1.807, 2.05) is 13.8 Å². The summed E-state index contributed by atoms with van der Waals surface area (Å²) in [7, 11) is 0. The van der Waals surface area contributed by atoms with Crippen molar-refractivity contribution >= 4 is 0 Å². The molecule has 82 valence electrons. The second kappa shape index (κ2) is 9.16. The van der Waals surface area contributed by atoms with Crippen LogP contribution in [0.1, 0.15) is 40.2 Å². The van der Waals surface area contributed by atoms with E-state index in [1.165, 1.54) is 5.56 Å². The smallest absolute Gasteiger partial charge is 0.382 e. The van der Waals surface area contributed by atoms with E-state index in [-0.39, 0.29) is 18.9 Å². The third-order valence-corrected chi connectivity index (χ3v) is 1.94. The summed E-state index contributed by atoms with van der Waals surface area (Å²) in [5, 5.41) is 0. The van der Waals surface area contributed by atoms with Crippen LogP contribution in [-0.4, -0.2) is 13.2 Å². The summed E-state index contributed by atoms with van der Waals surface area (Å²) >= 11 is 0. The maximum absolute atomic E-state index is 4.83. The van der Waals surface area contributed by atoms with Crippen LogP contribution in [0.4, 0.5) is 0 Å². The molecule has 0 heterocycles. The normalized spacial score (nSPS) is 9.93. The van der Waals surface area contributed by atoms with E-state index in [0.717, 1.165) is 13.2 Å². The number of rotatable bonds is 2. The van der Waals surface area contributed by atoms with Gasteiger partial charge in [-0.1, -0.05) is 26.2 Å². The summed E-state index contributed by atoms with van der Waals surface area (Å²) in [6, 6.07) is 8.50. The largest absolute Gasteiger partial charge is 1.00 e. The van der Waals surface area contributed by atoms with Crippen molar-refractivity contribution in [2.75, 3.05) is 13.2 Å². The monoisotopic (exact) mass is 202 g/mol. The quantitative estimate of drug-likeness (QED) is 0.508. The molecule has 1 aromatic carbocycles. The minimum atomic E-state index is 0. The fraction of sp³-hybridized carbons (Fsp3) is 0.615. The number of hydrogen-bond acceptors (Lipinski definition) is 1. The summed E-state index contributed by atoms with van der Waals surface area (Å²) < 4.78 is 4.83. The third-order valence-electron chi connectivity index (χ3n) is 1.94. The minimum absolute atomic E-state index is 0. The van der Waals surface area contributed by atoms with E-state index < -0.39 is 0 Å². The summed E-state index contributed by atoms with van der Waals surface area (Å²) in [4.78, 5) is 0. The van der Waals surface area contributed by atoms with Crippen LogP contribution in [0.15, 0.2) is 24.3 Å². The van der Waals surface area contributed by atoms with Crippen LogP contribution in [0.2, 0.25) is 0 Å². The molecule has 0 bridgehead atoms. The first-order valence-electron chi connectivity index (χ1n) is 5.32. The molecule has 0 saturated carbocycles. The average molecular weight is 202 g/mol. The van der Waals surface area contributed by atoms with Gasteiger partial charge in [0.25, 0.3) is 0 Å². The van der Waals surface area contributed by atoms with Crippen LogP contribution in [0, 0.1) is 0 Å². The SMILES string of the molecule is CC(C)(C)[c-]1cccc1.CCOCC.[Li+]. The van der Waals surface area contributed by atoms with E-state index in [2.05, 4.69) is 45.0 Å². The zero-order chi connectivity index (χ0) is 11.0. The summed E-state index contributed by atoms with van der Waals surface area (Å²) in [5.74, 6) is 0. The molecule has 0 saturated heterocycles. The van der Waals surface area contributed by atoms with Crippen molar-refractivity contribution in [2.24, 2.45) is 0 Å². The van der Waals surface area contributed by atoms with Crippen LogP contribution >= 0.6 is 0 Å². The van der Waals surface area contributed by atoms with Crippen molar-refractivity contribution in [3.8, 4) is 0 Å². The van der Waals surface area contributed by atoms with Crippen molar-refractivity contribution in [2.45, 2.75) is 40.0 Å². The molecule has 0 radical (unpaired) electrons. The van der Waals surface area contributed by atoms with E-state index in [9.17, 15) is 0 Å². The van der Waals surface area contributed by atoms with Crippen molar-refractivity contribution in [1.82, 2.24) is 0 Å². The van der Waals surface area contributed by atoms with Crippen LogP contribution in [0.5, 0.6) is 0 Å². The van der Waals surface area contributed by atoms with Crippen LogP contribution in [0.25, 0.3) is 0 Å². The van der Waals surface area contributed by atoms with Crippen molar-refractivity contribution < 1.29 is 23.6 Å². The van der Waals surface area contributed by atoms with Crippen LogP contribution in [0.3, 0.4) is 0 Å². The van der Waals surface area contributed by atoms with Crippen molar-refractivity contribution in [3.63, 3.8) is 0 Å². The molecule has 0 atom stereocenters. The fourth-order valence-corrected chi connectivity index (χ4v) is 1.08. The molecule has 0 fully saturated rings. The maximum Gasteiger partial charge on any atom is 1.00 e. The zero-order valence-corrected chi connectivity index (χ0v) is 11.1. The minimum Gasteiger partial charge on any atom is -0.382 e. The molecule has 0 amide bonds. The van der Waals surface area contributed by atoms with Gasteiger partial charge in [-0.2, -0.15) is 17.7 Å². The van der Waals surface area contributed by atoms with E-state index >= 15 is 0 Å². The Balaban J connectivity index is 0. The Morgan fingerprint density at radius 1 is 1.00 bits per heavy atom. The van der Waals surface area contributed by atoms with Gasteiger partial charge in [0.05, 0.1) is 0 Å². The molecule has 0 unspecified atom stereocenters. The molecule has 1 nitrogen and oxygen atoms in total. The fourth-order valence-electron chi connectivity index (χ4n) is 1.08. The molecule has 0 aliphatic carbocycles. The van der Waals surface area contributed by atoms with Gasteiger partial charge in [-0.3, -0.25) is 0 Å². The number of ether oxygens (including phenoxy) is 1. The molecule has 0 spiro atoms. The molecular formula is C13H23LiO. The summed E-state index contributed by atoms with van der Waals surface area (Å²) in [6.07, 6.45) is 0. The van der Waals surface area contributed by atoms with Crippen LogP contribution < -0.4 is 18.9 Å². The molecule has 2 heteroatoms. The van der Waals surface area contributed by atoms with Crippen molar-refractivity contribution in [1.29, 1.82) is 0 Å². The van der Waals surface area contributed by atoms with Gasteiger partial charge in [-0.25, -0.2) is 12.1 Å². The van der Waals surface area contributed by atoms with Gasteiger partial charge in [0.15, 0.2) is 0 Å². The van der Waals surface area contributed by atoms with Gasteiger partial charge in [0, 0.05) is 13.2 Å². The van der Waals surface area contributed by atoms with Crippen LogP contribution in [-0.2, 0) is 10.2 Å². The summed E-state index contributed by atoms with van der Waals surface area (Å²) in [6.45, 7) is 12.3. The molecule has 1 rings (SSSR count). The molecule has 0 aromatic heterocycles. The van der Waals surface area contributed by atoms with Gasteiger partial charge in [-0.15, -0.1) is 0 Å². The molecule has 15 heavy (non-hydrogen) atoms. The van der Waals surface area contributed by atoms with E-state index in [4.69, 9.17) is 4.74 Å².